The molecule has 0 saturated heterocycles. The number of carbonyl (C=O) groups is 1. The molecular weight excluding hydrogens is 263 g/mol. The number of hydrogen-bond donors (Lipinski definition) is 2. The minimum Gasteiger partial charge on any atom is -0.475 e. The van der Waals surface area contributed by atoms with E-state index in [2.05, 4.69) is 10.3 Å². The monoisotopic (exact) mass is 270 g/mol. The Morgan fingerprint density at radius 2 is 2.28 bits per heavy atom. The highest BCUT2D eigenvalue weighted by Crippen LogP contribution is 2.23. The highest BCUT2D eigenvalue weighted by Gasteiger charge is 2.16. The molecule has 0 fully saturated rings. The molecule has 0 aliphatic carbocycles. The summed E-state index contributed by atoms with van der Waals surface area (Å²) in [4.78, 5) is 14.6. The number of aromatic nitrogens is 1. The summed E-state index contributed by atoms with van der Waals surface area (Å²) in [6.45, 7) is 1.51. The fourth-order valence-corrected chi connectivity index (χ4v) is 1.53. The number of anilines is 2. The first-order chi connectivity index (χ1) is 8.47. The van der Waals surface area contributed by atoms with E-state index in [1.54, 1.807) is 0 Å². The topological polar surface area (TPSA) is 75.4 Å². The lowest BCUT2D eigenvalue weighted by atomic mass is 10.3. The number of aromatic carboxylic acids is 1. The molecule has 2 rings (SSSR count). The summed E-state index contributed by atoms with van der Waals surface area (Å²) in [6.07, 6.45) is 0. The number of halogens is 2. The van der Waals surface area contributed by atoms with Crippen molar-refractivity contribution >= 4 is 29.3 Å². The lowest BCUT2D eigenvalue weighted by Crippen LogP contribution is -1.95. The van der Waals surface area contributed by atoms with Crippen LogP contribution in [0.4, 0.5) is 16.1 Å². The number of rotatable bonds is 3. The van der Waals surface area contributed by atoms with Gasteiger partial charge >= 0.3 is 5.97 Å². The molecule has 0 radical (unpaired) electrons. The number of carboxylic acids is 1. The molecule has 0 amide bonds. The summed E-state index contributed by atoms with van der Waals surface area (Å²) < 4.78 is 17.9. The number of oxazole rings is 1. The molecule has 94 valence electrons. The Bertz CT molecular complexity index is 612. The van der Waals surface area contributed by atoms with Crippen molar-refractivity contribution in [2.24, 2.45) is 0 Å². The van der Waals surface area contributed by atoms with Crippen molar-refractivity contribution in [1.82, 2.24) is 4.98 Å². The Hall–Kier alpha value is -2.08. The predicted octanol–water partition coefficient (Wildman–Crippen LogP) is 3.22. The van der Waals surface area contributed by atoms with Gasteiger partial charge in [0.15, 0.2) is 0 Å². The van der Waals surface area contributed by atoms with Crippen LogP contribution in [0.5, 0.6) is 0 Å². The Morgan fingerprint density at radius 1 is 1.56 bits per heavy atom. The van der Waals surface area contributed by atoms with Crippen LogP contribution >= 0.6 is 11.6 Å². The number of hydrogen-bond acceptors (Lipinski definition) is 4. The molecule has 0 spiro atoms. The summed E-state index contributed by atoms with van der Waals surface area (Å²) in [5.41, 5.74) is 0.692. The van der Waals surface area contributed by atoms with Gasteiger partial charge in [-0.15, -0.1) is 0 Å². The van der Waals surface area contributed by atoms with Crippen LogP contribution in [0, 0.1) is 12.7 Å². The van der Waals surface area contributed by atoms with Crippen LogP contribution in [-0.4, -0.2) is 16.1 Å². The molecule has 0 aliphatic heterocycles. The first-order valence-corrected chi connectivity index (χ1v) is 5.28. The van der Waals surface area contributed by atoms with Crippen molar-refractivity contribution in [3.63, 3.8) is 0 Å². The molecule has 7 heteroatoms. The Morgan fingerprint density at radius 3 is 2.83 bits per heavy atom. The summed E-state index contributed by atoms with van der Waals surface area (Å²) in [7, 11) is 0. The molecule has 0 bridgehead atoms. The molecule has 1 aromatic heterocycles. The summed E-state index contributed by atoms with van der Waals surface area (Å²) in [5.74, 6) is -1.99. The maximum Gasteiger partial charge on any atom is 0.373 e. The largest absolute Gasteiger partial charge is 0.475 e. The van der Waals surface area contributed by atoms with E-state index in [1.165, 1.54) is 25.1 Å². The average molecular weight is 271 g/mol. The summed E-state index contributed by atoms with van der Waals surface area (Å²) in [6, 6.07) is 3.96. The SMILES string of the molecule is Cc1nc(Nc2ccc(F)c(Cl)c2)oc1C(=O)O. The minimum atomic E-state index is -1.20. The normalized spacial score (nSPS) is 10.4. The third-order valence-electron chi connectivity index (χ3n) is 2.16. The molecule has 0 atom stereocenters. The Kier molecular flexibility index (Phi) is 3.20. The molecule has 1 heterocycles. The number of nitrogens with one attached hydrogen (secondary N) is 1. The van der Waals surface area contributed by atoms with Gasteiger partial charge < -0.3 is 14.8 Å². The van der Waals surface area contributed by atoms with E-state index in [9.17, 15) is 9.18 Å². The molecule has 0 saturated carbocycles. The van der Waals surface area contributed by atoms with Gasteiger partial charge in [-0.2, -0.15) is 4.98 Å². The van der Waals surface area contributed by atoms with Crippen LogP contribution in [0.2, 0.25) is 5.02 Å². The quantitative estimate of drug-likeness (QED) is 0.896. The molecule has 1 aromatic carbocycles. The van der Waals surface area contributed by atoms with Crippen LogP contribution < -0.4 is 5.32 Å². The number of aryl methyl sites for hydroxylation is 1. The zero-order valence-corrected chi connectivity index (χ0v) is 9.95. The van der Waals surface area contributed by atoms with Gasteiger partial charge in [0.05, 0.1) is 10.7 Å². The van der Waals surface area contributed by atoms with E-state index in [1.807, 2.05) is 0 Å². The number of benzene rings is 1. The molecule has 2 aromatic rings. The third kappa shape index (κ3) is 2.43. The molecular formula is C11H8ClFN2O3. The van der Waals surface area contributed by atoms with Gasteiger partial charge in [-0.25, -0.2) is 9.18 Å². The zero-order chi connectivity index (χ0) is 13.3. The maximum atomic E-state index is 12.9. The second-order valence-electron chi connectivity index (χ2n) is 3.49. The van der Waals surface area contributed by atoms with Crippen LogP contribution in [0.3, 0.4) is 0 Å². The van der Waals surface area contributed by atoms with E-state index in [0.717, 1.165) is 0 Å². The minimum absolute atomic E-state index is 0.00701. The smallest absolute Gasteiger partial charge is 0.373 e. The molecule has 5 nitrogen and oxygen atoms in total. The van der Waals surface area contributed by atoms with Crippen LogP contribution in [-0.2, 0) is 0 Å². The fraction of sp³-hybridized carbons (Fsp3) is 0.0909. The van der Waals surface area contributed by atoms with Crippen molar-refractivity contribution in [3.05, 3.63) is 40.5 Å². The van der Waals surface area contributed by atoms with Crippen LogP contribution in [0.1, 0.15) is 16.2 Å². The van der Waals surface area contributed by atoms with Gasteiger partial charge in [0.2, 0.25) is 5.76 Å². The molecule has 2 N–H and O–H groups in total. The molecule has 0 unspecified atom stereocenters. The van der Waals surface area contributed by atoms with Crippen molar-refractivity contribution < 1.29 is 18.7 Å². The highest BCUT2D eigenvalue weighted by molar-refractivity contribution is 6.31. The standard InChI is InChI=1S/C11H8ClFN2O3/c1-5-9(10(16)17)18-11(14-5)15-6-2-3-8(13)7(12)4-6/h2-4H,1H3,(H,14,15)(H,16,17). The van der Waals surface area contributed by atoms with E-state index in [-0.39, 0.29) is 22.5 Å². The average Bonchev–Trinajstić information content (AvgIpc) is 2.65. The second kappa shape index (κ2) is 4.66. The van der Waals surface area contributed by atoms with Crippen LogP contribution in [0.25, 0.3) is 0 Å². The lowest BCUT2D eigenvalue weighted by Gasteiger charge is -2.02. The van der Waals surface area contributed by atoms with Gasteiger partial charge in [0.1, 0.15) is 5.82 Å². The molecule has 18 heavy (non-hydrogen) atoms. The van der Waals surface area contributed by atoms with E-state index >= 15 is 0 Å². The Labute approximate surface area is 106 Å². The first-order valence-electron chi connectivity index (χ1n) is 4.90. The van der Waals surface area contributed by atoms with Crippen LogP contribution in [0.15, 0.2) is 22.6 Å². The highest BCUT2D eigenvalue weighted by atomic mass is 35.5. The second-order valence-corrected chi connectivity index (χ2v) is 3.90. The zero-order valence-electron chi connectivity index (χ0n) is 9.20. The van der Waals surface area contributed by atoms with E-state index < -0.39 is 11.8 Å². The summed E-state index contributed by atoms with van der Waals surface area (Å²) in [5, 5.41) is 11.4. The van der Waals surface area contributed by atoms with Gasteiger partial charge in [-0.05, 0) is 25.1 Å². The molecule has 0 aliphatic rings. The number of carboxylic acid groups (broad SMARTS) is 1. The summed E-state index contributed by atoms with van der Waals surface area (Å²) >= 11 is 5.61. The number of nitrogens with zero attached hydrogens (tertiary/aromatic N) is 1. The van der Waals surface area contributed by atoms with Crippen molar-refractivity contribution in [2.45, 2.75) is 6.92 Å². The van der Waals surface area contributed by atoms with Crippen molar-refractivity contribution in [1.29, 1.82) is 0 Å². The van der Waals surface area contributed by atoms with Gasteiger partial charge in [0.25, 0.3) is 6.01 Å². The fourth-order valence-electron chi connectivity index (χ4n) is 1.35. The lowest BCUT2D eigenvalue weighted by molar-refractivity contribution is 0.0662. The first kappa shape index (κ1) is 12.4. The predicted molar refractivity (Wildman–Crippen MR) is 62.9 cm³/mol. The Balaban J connectivity index is 2.26. The third-order valence-corrected chi connectivity index (χ3v) is 2.45. The van der Waals surface area contributed by atoms with Gasteiger partial charge in [-0.3, -0.25) is 0 Å². The van der Waals surface area contributed by atoms with Gasteiger partial charge in [-0.1, -0.05) is 11.6 Å². The maximum absolute atomic E-state index is 12.9. The van der Waals surface area contributed by atoms with Crippen molar-refractivity contribution in [3.8, 4) is 0 Å². The van der Waals surface area contributed by atoms with E-state index in [0.29, 0.717) is 5.69 Å². The van der Waals surface area contributed by atoms with Crippen molar-refractivity contribution in [2.75, 3.05) is 5.32 Å². The van der Waals surface area contributed by atoms with Gasteiger partial charge in [0, 0.05) is 5.69 Å². The van der Waals surface area contributed by atoms with E-state index in [4.69, 9.17) is 21.1 Å².